The highest BCUT2D eigenvalue weighted by Crippen LogP contribution is 2.36. The summed E-state index contributed by atoms with van der Waals surface area (Å²) in [6, 6.07) is 24.9. The highest BCUT2D eigenvalue weighted by Gasteiger charge is 2.26. The van der Waals surface area contributed by atoms with Crippen LogP contribution in [0.2, 0.25) is 0 Å². The minimum Gasteiger partial charge on any atom is -0.487 e. The summed E-state index contributed by atoms with van der Waals surface area (Å²) < 4.78 is 11.5. The van der Waals surface area contributed by atoms with E-state index in [4.69, 9.17) is 9.15 Å². The Hall–Kier alpha value is -4.66. The van der Waals surface area contributed by atoms with Gasteiger partial charge < -0.3 is 24.9 Å². The minimum atomic E-state index is -0.707. The number of hydrogen-bond donors (Lipinski definition) is 3. The Morgan fingerprint density at radius 3 is 2.34 bits per heavy atom. The van der Waals surface area contributed by atoms with Crippen molar-refractivity contribution in [2.24, 2.45) is 5.92 Å². The number of nitrogens with zero attached hydrogens (tertiary/aromatic N) is 2. The third-order valence-electron chi connectivity index (χ3n) is 6.70. The third kappa shape index (κ3) is 6.18. The Morgan fingerprint density at radius 2 is 1.61 bits per heavy atom. The van der Waals surface area contributed by atoms with E-state index in [9.17, 15) is 14.7 Å². The number of carboxylic acids is 1. The first-order valence-electron chi connectivity index (χ1n) is 12.6. The van der Waals surface area contributed by atoms with E-state index in [0.717, 1.165) is 24.0 Å². The van der Waals surface area contributed by atoms with Crippen molar-refractivity contribution in [3.63, 3.8) is 0 Å². The molecule has 5 rings (SSSR count). The van der Waals surface area contributed by atoms with Crippen molar-refractivity contribution in [1.29, 1.82) is 0 Å². The van der Waals surface area contributed by atoms with Crippen molar-refractivity contribution in [3.8, 4) is 5.75 Å². The maximum atomic E-state index is 12.7. The molecule has 9 heteroatoms. The molecular formula is C29H28N4O5. The summed E-state index contributed by atoms with van der Waals surface area (Å²) in [6.45, 7) is 0.402. The number of amides is 1. The lowest BCUT2D eigenvalue weighted by Gasteiger charge is -2.26. The van der Waals surface area contributed by atoms with Crippen LogP contribution in [0, 0.1) is 5.92 Å². The molecule has 0 bridgehead atoms. The van der Waals surface area contributed by atoms with Crippen molar-refractivity contribution in [1.82, 2.24) is 10.2 Å². The molecule has 1 fully saturated rings. The molecule has 1 heterocycles. The van der Waals surface area contributed by atoms with Crippen LogP contribution in [0.15, 0.2) is 83.3 Å². The second kappa shape index (κ2) is 11.6. The predicted octanol–water partition coefficient (Wildman–Crippen LogP) is 6.00. The van der Waals surface area contributed by atoms with Gasteiger partial charge in [-0.1, -0.05) is 59.7 Å². The number of ether oxygens (including phenoxy) is 1. The fraction of sp³-hybridized carbons (Fsp3) is 0.241. The number of rotatable bonds is 9. The molecule has 38 heavy (non-hydrogen) atoms. The normalized spacial score (nSPS) is 16.9. The summed E-state index contributed by atoms with van der Waals surface area (Å²) in [6.07, 6.45) is 3.08. The molecule has 0 unspecified atom stereocenters. The molecule has 0 atom stereocenters. The second-order valence-electron chi connectivity index (χ2n) is 9.27. The zero-order chi connectivity index (χ0) is 26.3. The SMILES string of the molecule is O=C(Nc1ccc(C2CCC(C(=O)O)CC2)cc1)c1nnc(Nc2ccccc2OCc2ccccc2)o1. The van der Waals surface area contributed by atoms with Gasteiger partial charge in [-0.25, -0.2) is 0 Å². The van der Waals surface area contributed by atoms with Gasteiger partial charge in [0.15, 0.2) is 0 Å². The molecule has 0 aliphatic heterocycles. The summed E-state index contributed by atoms with van der Waals surface area (Å²) in [5.74, 6) is -0.702. The number of benzene rings is 3. The topological polar surface area (TPSA) is 127 Å². The van der Waals surface area contributed by atoms with E-state index in [2.05, 4.69) is 20.8 Å². The molecule has 4 aromatic rings. The zero-order valence-electron chi connectivity index (χ0n) is 20.7. The second-order valence-corrected chi connectivity index (χ2v) is 9.27. The van der Waals surface area contributed by atoms with E-state index < -0.39 is 11.9 Å². The zero-order valence-corrected chi connectivity index (χ0v) is 20.7. The van der Waals surface area contributed by atoms with Gasteiger partial charge >= 0.3 is 23.8 Å². The highest BCUT2D eigenvalue weighted by molar-refractivity contribution is 6.00. The number of carbonyl (C=O) groups excluding carboxylic acids is 1. The maximum absolute atomic E-state index is 12.7. The number of carbonyl (C=O) groups is 2. The van der Waals surface area contributed by atoms with Crippen molar-refractivity contribution in [3.05, 3.63) is 95.9 Å². The average molecular weight is 513 g/mol. The van der Waals surface area contributed by atoms with Gasteiger partial charge in [-0.3, -0.25) is 9.59 Å². The van der Waals surface area contributed by atoms with Gasteiger partial charge in [0.25, 0.3) is 0 Å². The highest BCUT2D eigenvalue weighted by atomic mass is 16.5. The number of carboxylic acid groups (broad SMARTS) is 1. The van der Waals surface area contributed by atoms with Crippen LogP contribution in [0.5, 0.6) is 5.75 Å². The molecule has 1 aromatic heterocycles. The summed E-state index contributed by atoms with van der Waals surface area (Å²) in [7, 11) is 0. The summed E-state index contributed by atoms with van der Waals surface area (Å²) in [4.78, 5) is 23.9. The van der Waals surface area contributed by atoms with Crippen molar-refractivity contribution < 1.29 is 23.8 Å². The lowest BCUT2D eigenvalue weighted by Crippen LogP contribution is -2.20. The Morgan fingerprint density at radius 1 is 0.895 bits per heavy atom. The van der Waals surface area contributed by atoms with Crippen molar-refractivity contribution in [2.75, 3.05) is 10.6 Å². The molecule has 3 aromatic carbocycles. The molecule has 1 aliphatic carbocycles. The number of anilines is 3. The molecule has 9 nitrogen and oxygen atoms in total. The first kappa shape index (κ1) is 25.0. The Balaban J connectivity index is 1.17. The quantitative estimate of drug-likeness (QED) is 0.249. The van der Waals surface area contributed by atoms with Crippen LogP contribution in [0.3, 0.4) is 0 Å². The number of para-hydroxylation sites is 2. The van der Waals surface area contributed by atoms with Crippen LogP contribution in [0.4, 0.5) is 17.4 Å². The van der Waals surface area contributed by atoms with E-state index >= 15 is 0 Å². The molecule has 1 saturated carbocycles. The number of aromatic nitrogens is 2. The smallest absolute Gasteiger partial charge is 0.320 e. The molecule has 1 aliphatic rings. The Kier molecular flexibility index (Phi) is 7.63. The molecule has 194 valence electrons. The van der Waals surface area contributed by atoms with Crippen LogP contribution in [0.25, 0.3) is 0 Å². The van der Waals surface area contributed by atoms with Crippen LogP contribution < -0.4 is 15.4 Å². The Labute approximate surface area is 219 Å². The lowest BCUT2D eigenvalue weighted by atomic mass is 9.79. The van der Waals surface area contributed by atoms with E-state index in [-0.39, 0.29) is 17.8 Å². The maximum Gasteiger partial charge on any atom is 0.320 e. The van der Waals surface area contributed by atoms with Gasteiger partial charge in [0.1, 0.15) is 12.4 Å². The average Bonchev–Trinajstić information content (AvgIpc) is 3.42. The molecule has 3 N–H and O–H groups in total. The largest absolute Gasteiger partial charge is 0.487 e. The first-order chi connectivity index (χ1) is 18.5. The molecule has 0 saturated heterocycles. The molecule has 0 radical (unpaired) electrons. The van der Waals surface area contributed by atoms with Crippen LogP contribution in [-0.2, 0) is 11.4 Å². The van der Waals surface area contributed by atoms with Crippen LogP contribution >= 0.6 is 0 Å². The van der Waals surface area contributed by atoms with E-state index in [1.165, 1.54) is 0 Å². The first-order valence-corrected chi connectivity index (χ1v) is 12.6. The monoisotopic (exact) mass is 512 g/mol. The van der Waals surface area contributed by atoms with Crippen LogP contribution in [-0.4, -0.2) is 27.2 Å². The molecule has 1 amide bonds. The van der Waals surface area contributed by atoms with Crippen molar-refractivity contribution >= 4 is 29.3 Å². The molecular weight excluding hydrogens is 484 g/mol. The predicted molar refractivity (Wildman–Crippen MR) is 142 cm³/mol. The summed E-state index contributed by atoms with van der Waals surface area (Å²) in [5.41, 5.74) is 3.42. The van der Waals surface area contributed by atoms with Gasteiger partial charge in [0.2, 0.25) is 0 Å². The lowest BCUT2D eigenvalue weighted by molar-refractivity contribution is -0.142. The summed E-state index contributed by atoms with van der Waals surface area (Å²) in [5, 5.41) is 22.8. The van der Waals surface area contributed by atoms with Crippen LogP contribution in [0.1, 0.15) is 53.4 Å². The van der Waals surface area contributed by atoms with E-state index in [0.29, 0.717) is 42.5 Å². The number of aliphatic carboxylic acids is 1. The van der Waals surface area contributed by atoms with E-state index in [1.54, 1.807) is 0 Å². The number of nitrogens with one attached hydrogen (secondary N) is 2. The molecule has 0 spiro atoms. The summed E-state index contributed by atoms with van der Waals surface area (Å²) >= 11 is 0. The van der Waals surface area contributed by atoms with E-state index in [1.807, 2.05) is 78.9 Å². The van der Waals surface area contributed by atoms with Gasteiger partial charge in [0, 0.05) is 5.69 Å². The van der Waals surface area contributed by atoms with Gasteiger partial charge in [-0.15, -0.1) is 5.10 Å². The third-order valence-corrected chi connectivity index (χ3v) is 6.70. The number of hydrogen-bond acceptors (Lipinski definition) is 7. The Bertz CT molecular complexity index is 1380. The minimum absolute atomic E-state index is 0.0678. The fourth-order valence-corrected chi connectivity index (χ4v) is 4.61. The van der Waals surface area contributed by atoms with Crippen molar-refractivity contribution in [2.45, 2.75) is 38.2 Å². The fourth-order valence-electron chi connectivity index (χ4n) is 4.61. The van der Waals surface area contributed by atoms with Gasteiger partial charge in [0.05, 0.1) is 11.6 Å². The van der Waals surface area contributed by atoms with Gasteiger partial charge in [-0.05, 0) is 67.0 Å². The standard InChI is InChI=1S/C29H28N4O5/c34-26(30-23-16-14-21(15-17-23)20-10-12-22(13-11-20)28(35)36)27-32-33-29(38-27)31-24-8-4-5-9-25(24)37-18-19-6-2-1-3-7-19/h1-9,14-17,20,22H,10-13,18H2,(H,30,34)(H,31,33)(H,35,36). The van der Waals surface area contributed by atoms with Gasteiger partial charge in [-0.2, -0.15) is 0 Å².